The van der Waals surface area contributed by atoms with E-state index in [1.165, 1.54) is 24.6 Å². The van der Waals surface area contributed by atoms with Gasteiger partial charge in [0.15, 0.2) is 11.6 Å². The lowest BCUT2D eigenvalue weighted by Gasteiger charge is -2.25. The number of carbonyl (C=O) groups is 1. The highest BCUT2D eigenvalue weighted by molar-refractivity contribution is 5.92. The molecule has 4 rings (SSSR count). The minimum Gasteiger partial charge on any atom is -0.453 e. The fourth-order valence-corrected chi connectivity index (χ4v) is 3.56. The summed E-state index contributed by atoms with van der Waals surface area (Å²) in [5.74, 6) is -0.536. The summed E-state index contributed by atoms with van der Waals surface area (Å²) < 4.78 is 20.2. The van der Waals surface area contributed by atoms with Crippen LogP contribution >= 0.6 is 0 Å². The first-order chi connectivity index (χ1) is 14.1. The molecule has 150 valence electrons. The van der Waals surface area contributed by atoms with Crippen LogP contribution in [0.25, 0.3) is 10.9 Å². The maximum Gasteiger partial charge on any atom is 0.252 e. The Labute approximate surface area is 167 Å². The summed E-state index contributed by atoms with van der Waals surface area (Å²) in [5.41, 5.74) is 0.644. The molecule has 0 atom stereocenters. The molecule has 1 aliphatic rings. The molecule has 1 amide bonds. The van der Waals surface area contributed by atoms with Crippen molar-refractivity contribution in [3.63, 3.8) is 0 Å². The maximum absolute atomic E-state index is 14.6. The Morgan fingerprint density at radius 3 is 2.66 bits per heavy atom. The molecule has 0 aliphatic carbocycles. The van der Waals surface area contributed by atoms with Crippen LogP contribution in [0.4, 0.5) is 10.1 Å². The Hall–Kier alpha value is -3.19. The highest BCUT2D eigenvalue weighted by atomic mass is 19.1. The molecule has 6 nitrogen and oxygen atoms in total. The zero-order chi connectivity index (χ0) is 20.2. The molecule has 2 heterocycles. The average molecular weight is 395 g/mol. The van der Waals surface area contributed by atoms with E-state index in [0.29, 0.717) is 23.1 Å². The van der Waals surface area contributed by atoms with E-state index in [9.17, 15) is 14.0 Å². The fraction of sp³-hybridized carbons (Fsp3) is 0.273. The van der Waals surface area contributed by atoms with Crippen molar-refractivity contribution >= 4 is 22.5 Å². The van der Waals surface area contributed by atoms with E-state index >= 15 is 0 Å². The van der Waals surface area contributed by atoms with Crippen molar-refractivity contribution in [3.05, 3.63) is 64.7 Å². The molecule has 1 saturated heterocycles. The minimum atomic E-state index is -0.620. The van der Waals surface area contributed by atoms with Gasteiger partial charge in [-0.2, -0.15) is 0 Å². The predicted octanol–water partition coefficient (Wildman–Crippen LogP) is 3.88. The highest BCUT2D eigenvalue weighted by Gasteiger charge is 2.15. The number of amides is 1. The zero-order valence-electron chi connectivity index (χ0n) is 15.9. The van der Waals surface area contributed by atoms with Crippen LogP contribution < -0.4 is 15.6 Å². The van der Waals surface area contributed by atoms with Crippen LogP contribution in [-0.4, -0.2) is 35.4 Å². The fourth-order valence-electron chi connectivity index (χ4n) is 3.56. The Balaban J connectivity index is 1.48. The monoisotopic (exact) mass is 395 g/mol. The summed E-state index contributed by atoms with van der Waals surface area (Å²) in [6.45, 7) is 2.14. The molecule has 1 aromatic heterocycles. The summed E-state index contributed by atoms with van der Waals surface area (Å²) in [5, 5.41) is 3.40. The molecule has 0 radical (unpaired) electrons. The Morgan fingerprint density at radius 1 is 1.07 bits per heavy atom. The average Bonchev–Trinajstić information content (AvgIpc) is 2.70. The largest absolute Gasteiger partial charge is 0.453 e. The Morgan fingerprint density at radius 2 is 1.86 bits per heavy atom. The van der Waals surface area contributed by atoms with Gasteiger partial charge in [-0.05, 0) is 50.2 Å². The summed E-state index contributed by atoms with van der Waals surface area (Å²) in [7, 11) is 0. The molecular formula is C22H22FN3O3. The number of rotatable bonds is 5. The number of anilines is 1. The molecule has 0 saturated carbocycles. The number of fused-ring (bicyclic) bond motifs is 1. The second-order valence-corrected chi connectivity index (χ2v) is 7.18. The molecule has 2 aromatic carbocycles. The lowest BCUT2D eigenvalue weighted by Crippen LogP contribution is -2.36. The van der Waals surface area contributed by atoms with Crippen molar-refractivity contribution in [2.45, 2.75) is 19.3 Å². The Kier molecular flexibility index (Phi) is 5.57. The first-order valence-corrected chi connectivity index (χ1v) is 9.70. The number of halogens is 1. The van der Waals surface area contributed by atoms with Crippen LogP contribution in [0, 0.1) is 5.82 Å². The van der Waals surface area contributed by atoms with Crippen molar-refractivity contribution in [2.24, 2.45) is 0 Å². The van der Waals surface area contributed by atoms with Gasteiger partial charge in [0, 0.05) is 23.2 Å². The van der Waals surface area contributed by atoms with Gasteiger partial charge in [-0.3, -0.25) is 14.5 Å². The molecule has 7 heteroatoms. The van der Waals surface area contributed by atoms with Crippen molar-refractivity contribution in [1.82, 2.24) is 9.88 Å². The van der Waals surface area contributed by atoms with Gasteiger partial charge in [0.25, 0.3) is 5.56 Å². The number of pyridine rings is 1. The van der Waals surface area contributed by atoms with Crippen LogP contribution in [-0.2, 0) is 4.79 Å². The number of nitrogens with one attached hydrogen (secondary N) is 2. The smallest absolute Gasteiger partial charge is 0.252 e. The number of benzene rings is 2. The number of para-hydroxylation sites is 1. The van der Waals surface area contributed by atoms with E-state index < -0.39 is 5.82 Å². The summed E-state index contributed by atoms with van der Waals surface area (Å²) >= 11 is 0. The first-order valence-electron chi connectivity index (χ1n) is 9.70. The SMILES string of the molecule is O=C(CN1CCCCC1)Nc1ccc(Oc2cc(=O)[nH]c3ccccc23)c(F)c1. The van der Waals surface area contributed by atoms with Gasteiger partial charge in [0.05, 0.1) is 12.1 Å². The summed E-state index contributed by atoms with van der Waals surface area (Å²) in [6.07, 6.45) is 3.41. The van der Waals surface area contributed by atoms with Gasteiger partial charge in [-0.1, -0.05) is 18.6 Å². The lowest BCUT2D eigenvalue weighted by atomic mass is 10.1. The molecule has 2 N–H and O–H groups in total. The van der Waals surface area contributed by atoms with E-state index in [1.54, 1.807) is 24.3 Å². The van der Waals surface area contributed by atoms with Gasteiger partial charge in [-0.15, -0.1) is 0 Å². The van der Waals surface area contributed by atoms with Crippen molar-refractivity contribution < 1.29 is 13.9 Å². The van der Waals surface area contributed by atoms with Crippen LogP contribution in [0.15, 0.2) is 53.3 Å². The van der Waals surface area contributed by atoms with E-state index in [0.717, 1.165) is 25.9 Å². The van der Waals surface area contributed by atoms with Gasteiger partial charge >= 0.3 is 0 Å². The predicted molar refractivity (Wildman–Crippen MR) is 110 cm³/mol. The zero-order valence-corrected chi connectivity index (χ0v) is 15.9. The number of H-pyrrole nitrogens is 1. The van der Waals surface area contributed by atoms with Crippen molar-refractivity contribution in [1.29, 1.82) is 0 Å². The molecule has 0 bridgehead atoms. The number of hydrogen-bond donors (Lipinski definition) is 2. The first kappa shape index (κ1) is 19.1. The lowest BCUT2D eigenvalue weighted by molar-refractivity contribution is -0.117. The van der Waals surface area contributed by atoms with E-state index in [4.69, 9.17) is 4.74 Å². The van der Waals surface area contributed by atoms with Gasteiger partial charge < -0.3 is 15.0 Å². The standard InChI is InChI=1S/C22H22FN3O3/c23-17-12-15(24-22(28)14-26-10-4-1-5-11-26)8-9-19(17)29-20-13-21(27)25-18-7-3-2-6-16(18)20/h2-3,6-9,12-13H,1,4-5,10-11,14H2,(H,24,28)(H,25,27). The van der Waals surface area contributed by atoms with Gasteiger partial charge in [0.2, 0.25) is 5.91 Å². The van der Waals surface area contributed by atoms with Gasteiger partial charge in [-0.25, -0.2) is 4.39 Å². The van der Waals surface area contributed by atoms with Crippen molar-refractivity contribution in [3.8, 4) is 11.5 Å². The number of nitrogens with zero attached hydrogens (tertiary/aromatic N) is 1. The summed E-state index contributed by atoms with van der Waals surface area (Å²) in [4.78, 5) is 28.9. The number of hydrogen-bond acceptors (Lipinski definition) is 4. The number of aromatic amines is 1. The number of likely N-dealkylation sites (tertiary alicyclic amines) is 1. The Bertz CT molecular complexity index is 1090. The number of ether oxygens (including phenoxy) is 1. The third kappa shape index (κ3) is 4.63. The summed E-state index contributed by atoms with van der Waals surface area (Å²) in [6, 6.07) is 12.7. The van der Waals surface area contributed by atoms with Crippen LogP contribution in [0.5, 0.6) is 11.5 Å². The normalized spacial score (nSPS) is 14.7. The highest BCUT2D eigenvalue weighted by Crippen LogP contribution is 2.30. The number of carbonyl (C=O) groups excluding carboxylic acids is 1. The minimum absolute atomic E-state index is 0.0187. The topological polar surface area (TPSA) is 74.4 Å². The molecular weight excluding hydrogens is 373 g/mol. The van der Waals surface area contributed by atoms with E-state index in [2.05, 4.69) is 15.2 Å². The molecule has 1 fully saturated rings. The number of piperidine rings is 1. The van der Waals surface area contributed by atoms with Crippen molar-refractivity contribution in [2.75, 3.05) is 25.0 Å². The third-order valence-electron chi connectivity index (χ3n) is 4.96. The van der Waals surface area contributed by atoms with Crippen LogP contribution in [0.2, 0.25) is 0 Å². The van der Waals surface area contributed by atoms with Crippen LogP contribution in [0.1, 0.15) is 19.3 Å². The maximum atomic E-state index is 14.6. The molecule has 0 unspecified atom stereocenters. The molecule has 29 heavy (non-hydrogen) atoms. The van der Waals surface area contributed by atoms with Gasteiger partial charge in [0.1, 0.15) is 5.75 Å². The van der Waals surface area contributed by atoms with E-state index in [-0.39, 0.29) is 23.0 Å². The molecule has 0 spiro atoms. The quantitative estimate of drug-likeness (QED) is 0.688. The second-order valence-electron chi connectivity index (χ2n) is 7.18. The third-order valence-corrected chi connectivity index (χ3v) is 4.96. The van der Waals surface area contributed by atoms with E-state index in [1.807, 2.05) is 6.07 Å². The second kappa shape index (κ2) is 8.45. The molecule has 3 aromatic rings. The molecule has 1 aliphatic heterocycles. The van der Waals surface area contributed by atoms with Crippen LogP contribution in [0.3, 0.4) is 0 Å². The number of aromatic nitrogens is 1.